The van der Waals surface area contributed by atoms with Crippen molar-refractivity contribution in [2.75, 3.05) is 18.0 Å². The molecule has 1 fully saturated rings. The third kappa shape index (κ3) is 2.56. The first-order valence-corrected chi connectivity index (χ1v) is 7.10. The highest BCUT2D eigenvalue weighted by Crippen LogP contribution is 2.31. The zero-order valence-electron chi connectivity index (χ0n) is 11.9. The molecule has 0 bridgehead atoms. The summed E-state index contributed by atoms with van der Waals surface area (Å²) in [6, 6.07) is 5.31. The van der Waals surface area contributed by atoms with Crippen LogP contribution < -0.4 is 10.6 Å². The van der Waals surface area contributed by atoms with Gasteiger partial charge in [-0.1, -0.05) is 6.07 Å². The van der Waals surface area contributed by atoms with Gasteiger partial charge in [-0.15, -0.1) is 0 Å². The Morgan fingerprint density at radius 3 is 3.10 bits per heavy atom. The normalized spacial score (nSPS) is 20.7. The van der Waals surface area contributed by atoms with Crippen molar-refractivity contribution in [3.05, 3.63) is 28.3 Å². The van der Waals surface area contributed by atoms with Crippen molar-refractivity contribution in [1.82, 2.24) is 4.98 Å². The Morgan fingerprint density at radius 1 is 1.57 bits per heavy atom. The van der Waals surface area contributed by atoms with E-state index in [9.17, 15) is 10.1 Å². The summed E-state index contributed by atoms with van der Waals surface area (Å²) in [6.07, 6.45) is 2.11. The minimum Gasteiger partial charge on any atom is -0.423 e. The maximum Gasteiger partial charge on any atom is 0.298 e. The van der Waals surface area contributed by atoms with E-state index in [4.69, 9.17) is 10.2 Å². The molecule has 0 aliphatic carbocycles. The Balaban J connectivity index is 1.94. The van der Waals surface area contributed by atoms with Gasteiger partial charge in [0.2, 0.25) is 0 Å². The Kier molecular flexibility index (Phi) is 3.50. The topological polar surface area (TPSA) is 98.4 Å². The van der Waals surface area contributed by atoms with Gasteiger partial charge in [-0.05, 0) is 31.7 Å². The highest BCUT2D eigenvalue weighted by molar-refractivity contribution is 5.84. The molecule has 0 radical (unpaired) electrons. The molecule has 1 aromatic heterocycles. The number of rotatable bonds is 3. The quantitative estimate of drug-likeness (QED) is 0.688. The van der Waals surface area contributed by atoms with Crippen molar-refractivity contribution in [1.29, 1.82) is 0 Å². The first-order valence-electron chi connectivity index (χ1n) is 7.10. The van der Waals surface area contributed by atoms with Crippen LogP contribution in [0.25, 0.3) is 11.1 Å². The molecule has 0 saturated carbocycles. The smallest absolute Gasteiger partial charge is 0.298 e. The van der Waals surface area contributed by atoms with Gasteiger partial charge >= 0.3 is 0 Å². The molecule has 2 N–H and O–H groups in total. The SMILES string of the molecule is CC(N)C1CCCN(c2nc3c([N+](=O)[O-])cccc3o2)C1. The van der Waals surface area contributed by atoms with Gasteiger partial charge in [-0.25, -0.2) is 0 Å². The fourth-order valence-electron chi connectivity index (χ4n) is 2.82. The number of para-hydroxylation sites is 1. The maximum absolute atomic E-state index is 11.0. The number of hydrogen-bond acceptors (Lipinski definition) is 6. The van der Waals surface area contributed by atoms with Crippen LogP contribution in [0, 0.1) is 16.0 Å². The lowest BCUT2D eigenvalue weighted by Gasteiger charge is -2.33. The summed E-state index contributed by atoms with van der Waals surface area (Å²) in [4.78, 5) is 17.0. The fourth-order valence-corrected chi connectivity index (χ4v) is 2.82. The van der Waals surface area contributed by atoms with Crippen molar-refractivity contribution < 1.29 is 9.34 Å². The lowest BCUT2D eigenvalue weighted by atomic mass is 9.92. The molecule has 7 nitrogen and oxygen atoms in total. The number of nitro groups is 1. The number of nitro benzene ring substituents is 1. The molecule has 1 saturated heterocycles. The summed E-state index contributed by atoms with van der Waals surface area (Å²) < 4.78 is 5.70. The van der Waals surface area contributed by atoms with Gasteiger partial charge in [0.15, 0.2) is 11.1 Å². The van der Waals surface area contributed by atoms with Crippen molar-refractivity contribution in [2.45, 2.75) is 25.8 Å². The minimum absolute atomic E-state index is 0.0248. The van der Waals surface area contributed by atoms with Gasteiger partial charge in [0.1, 0.15) is 0 Å². The summed E-state index contributed by atoms with van der Waals surface area (Å²) >= 11 is 0. The molecule has 2 aromatic rings. The summed E-state index contributed by atoms with van der Waals surface area (Å²) in [5.41, 5.74) is 6.71. The molecular weight excluding hydrogens is 272 g/mol. The van der Waals surface area contributed by atoms with Gasteiger partial charge in [0.05, 0.1) is 4.92 Å². The largest absolute Gasteiger partial charge is 0.423 e. The summed E-state index contributed by atoms with van der Waals surface area (Å²) in [5, 5.41) is 11.0. The fraction of sp³-hybridized carbons (Fsp3) is 0.500. The van der Waals surface area contributed by atoms with E-state index in [1.54, 1.807) is 12.1 Å². The van der Waals surface area contributed by atoms with Crippen LogP contribution in [0.4, 0.5) is 11.7 Å². The Labute approximate surface area is 121 Å². The number of nitrogens with two attached hydrogens (primary N) is 1. The number of piperidine rings is 1. The molecule has 112 valence electrons. The number of oxazole rings is 1. The van der Waals surface area contributed by atoms with E-state index >= 15 is 0 Å². The van der Waals surface area contributed by atoms with E-state index in [0.29, 0.717) is 23.0 Å². The van der Waals surface area contributed by atoms with Gasteiger partial charge in [0, 0.05) is 25.2 Å². The van der Waals surface area contributed by atoms with E-state index in [1.165, 1.54) is 6.07 Å². The zero-order valence-corrected chi connectivity index (χ0v) is 11.9. The molecule has 21 heavy (non-hydrogen) atoms. The summed E-state index contributed by atoms with van der Waals surface area (Å²) in [6.45, 7) is 3.62. The van der Waals surface area contributed by atoms with Gasteiger partial charge in [0.25, 0.3) is 11.7 Å². The van der Waals surface area contributed by atoms with Crippen LogP contribution in [0.2, 0.25) is 0 Å². The number of hydrogen-bond donors (Lipinski definition) is 1. The molecule has 1 aliphatic heterocycles. The number of benzene rings is 1. The monoisotopic (exact) mass is 290 g/mol. The summed E-state index contributed by atoms with van der Waals surface area (Å²) in [7, 11) is 0. The molecule has 3 rings (SSSR count). The first kappa shape index (κ1) is 13.8. The predicted octanol–water partition coefficient (Wildman–Crippen LogP) is 2.30. The van der Waals surface area contributed by atoms with Crippen LogP contribution in [-0.2, 0) is 0 Å². The van der Waals surface area contributed by atoms with Crippen molar-refractivity contribution in [3.8, 4) is 0 Å². The summed E-state index contributed by atoms with van der Waals surface area (Å²) in [5.74, 6) is 0.392. The van der Waals surface area contributed by atoms with Crippen LogP contribution in [-0.4, -0.2) is 29.0 Å². The second kappa shape index (κ2) is 5.33. The Hall–Kier alpha value is -2.15. The van der Waals surface area contributed by atoms with Crippen LogP contribution in [0.15, 0.2) is 22.6 Å². The number of aromatic nitrogens is 1. The van der Waals surface area contributed by atoms with E-state index < -0.39 is 4.92 Å². The molecule has 0 amide bonds. The van der Waals surface area contributed by atoms with Crippen molar-refractivity contribution >= 4 is 22.8 Å². The molecule has 0 spiro atoms. The Bertz CT molecular complexity index is 667. The van der Waals surface area contributed by atoms with E-state index in [1.807, 2.05) is 11.8 Å². The van der Waals surface area contributed by atoms with Gasteiger partial charge in [-0.3, -0.25) is 10.1 Å². The molecule has 2 unspecified atom stereocenters. The third-order valence-corrected chi connectivity index (χ3v) is 4.06. The average Bonchev–Trinajstić information content (AvgIpc) is 2.91. The van der Waals surface area contributed by atoms with Gasteiger partial charge < -0.3 is 15.1 Å². The lowest BCUT2D eigenvalue weighted by Crippen LogP contribution is -2.42. The molecule has 2 atom stereocenters. The van der Waals surface area contributed by atoms with Crippen LogP contribution >= 0.6 is 0 Å². The van der Waals surface area contributed by atoms with Crippen molar-refractivity contribution in [2.24, 2.45) is 11.7 Å². The van der Waals surface area contributed by atoms with E-state index in [0.717, 1.165) is 25.9 Å². The standard InChI is InChI=1S/C14H18N4O3/c1-9(15)10-4-3-7-17(8-10)14-16-13-11(18(19)20)5-2-6-12(13)21-14/h2,5-6,9-10H,3-4,7-8,15H2,1H3. The number of fused-ring (bicyclic) bond motifs is 1. The second-order valence-corrected chi connectivity index (χ2v) is 5.58. The lowest BCUT2D eigenvalue weighted by molar-refractivity contribution is -0.383. The van der Waals surface area contributed by atoms with Crippen LogP contribution in [0.5, 0.6) is 0 Å². The molecule has 2 heterocycles. The van der Waals surface area contributed by atoms with Crippen molar-refractivity contribution in [3.63, 3.8) is 0 Å². The van der Waals surface area contributed by atoms with Crippen LogP contribution in [0.1, 0.15) is 19.8 Å². The highest BCUT2D eigenvalue weighted by atomic mass is 16.6. The first-order chi connectivity index (χ1) is 10.1. The average molecular weight is 290 g/mol. The molecule has 7 heteroatoms. The number of nitrogens with zero attached hydrogens (tertiary/aromatic N) is 3. The maximum atomic E-state index is 11.0. The predicted molar refractivity (Wildman–Crippen MR) is 79.2 cm³/mol. The minimum atomic E-state index is -0.435. The number of non-ortho nitro benzene ring substituents is 1. The third-order valence-electron chi connectivity index (χ3n) is 4.06. The molecule has 1 aromatic carbocycles. The highest BCUT2D eigenvalue weighted by Gasteiger charge is 2.27. The molecule has 1 aliphatic rings. The Morgan fingerprint density at radius 2 is 2.38 bits per heavy atom. The van der Waals surface area contributed by atoms with Crippen LogP contribution in [0.3, 0.4) is 0 Å². The van der Waals surface area contributed by atoms with E-state index in [2.05, 4.69) is 4.98 Å². The second-order valence-electron chi connectivity index (χ2n) is 5.58. The van der Waals surface area contributed by atoms with Gasteiger partial charge in [-0.2, -0.15) is 4.98 Å². The van der Waals surface area contributed by atoms with E-state index in [-0.39, 0.29) is 11.7 Å². The zero-order chi connectivity index (χ0) is 15.0. The molecular formula is C14H18N4O3. The number of anilines is 1.